The Morgan fingerprint density at radius 3 is 2.77 bits per heavy atom. The molecule has 1 saturated carbocycles. The van der Waals surface area contributed by atoms with E-state index < -0.39 is 0 Å². The largest absolute Gasteiger partial charge is 0.497 e. The molecule has 1 aliphatic carbocycles. The van der Waals surface area contributed by atoms with Crippen LogP contribution in [0.15, 0.2) is 52.3 Å². The molecule has 4 rings (SSSR count). The summed E-state index contributed by atoms with van der Waals surface area (Å²) in [7, 11) is 3.38. The molecule has 31 heavy (non-hydrogen) atoms. The summed E-state index contributed by atoms with van der Waals surface area (Å²) < 4.78 is 5.28. The fourth-order valence-corrected chi connectivity index (χ4v) is 5.29. The van der Waals surface area contributed by atoms with Crippen molar-refractivity contribution < 1.29 is 14.3 Å². The first-order chi connectivity index (χ1) is 15.0. The number of benzene rings is 2. The van der Waals surface area contributed by atoms with Gasteiger partial charge < -0.3 is 15.0 Å². The van der Waals surface area contributed by atoms with Crippen LogP contribution in [-0.2, 0) is 4.79 Å². The van der Waals surface area contributed by atoms with E-state index >= 15 is 0 Å². The molecule has 0 spiro atoms. The van der Waals surface area contributed by atoms with Crippen molar-refractivity contribution in [2.75, 3.05) is 19.1 Å². The molecule has 1 fully saturated rings. The lowest BCUT2D eigenvalue weighted by Gasteiger charge is -2.30. The molecule has 6 heteroatoms. The van der Waals surface area contributed by atoms with E-state index in [-0.39, 0.29) is 17.9 Å². The van der Waals surface area contributed by atoms with Gasteiger partial charge in [-0.3, -0.25) is 9.59 Å². The van der Waals surface area contributed by atoms with Crippen LogP contribution in [0.3, 0.4) is 0 Å². The molecule has 0 unspecified atom stereocenters. The first-order valence-electron chi connectivity index (χ1n) is 10.7. The van der Waals surface area contributed by atoms with Gasteiger partial charge in [0.2, 0.25) is 0 Å². The van der Waals surface area contributed by atoms with Gasteiger partial charge in [-0.05, 0) is 60.7 Å². The maximum Gasteiger partial charge on any atom is 0.264 e. The molecule has 2 aliphatic rings. The summed E-state index contributed by atoms with van der Waals surface area (Å²) in [5, 5.41) is 3.20. The van der Waals surface area contributed by atoms with Gasteiger partial charge in [0.1, 0.15) is 5.75 Å². The summed E-state index contributed by atoms with van der Waals surface area (Å²) in [6.45, 7) is 2.20. The molecular weight excluding hydrogens is 408 g/mol. The molecule has 5 nitrogen and oxygen atoms in total. The Bertz CT molecular complexity index is 1030. The maximum absolute atomic E-state index is 13.0. The highest BCUT2D eigenvalue weighted by Gasteiger charge is 2.28. The summed E-state index contributed by atoms with van der Waals surface area (Å²) >= 11 is 1.43. The first-order valence-corrected chi connectivity index (χ1v) is 11.5. The molecule has 2 atom stereocenters. The second-order valence-electron chi connectivity index (χ2n) is 8.28. The third-order valence-corrected chi connectivity index (χ3v) is 7.21. The van der Waals surface area contributed by atoms with E-state index in [1.165, 1.54) is 18.2 Å². The number of fused-ring (bicyclic) bond motifs is 1. The fourth-order valence-electron chi connectivity index (χ4n) is 4.20. The second kappa shape index (κ2) is 9.18. The van der Waals surface area contributed by atoms with Gasteiger partial charge >= 0.3 is 0 Å². The maximum atomic E-state index is 13.0. The average molecular weight is 437 g/mol. The van der Waals surface area contributed by atoms with Crippen molar-refractivity contribution in [1.29, 1.82) is 0 Å². The number of methoxy groups -OCH3 is 1. The van der Waals surface area contributed by atoms with Gasteiger partial charge in [0.15, 0.2) is 0 Å². The number of carbonyl (C=O) groups excluding carboxylic acids is 2. The Morgan fingerprint density at radius 1 is 1.19 bits per heavy atom. The van der Waals surface area contributed by atoms with Gasteiger partial charge in [-0.25, -0.2) is 0 Å². The highest BCUT2D eigenvalue weighted by atomic mass is 32.2. The summed E-state index contributed by atoms with van der Waals surface area (Å²) in [5.41, 5.74) is 2.27. The second-order valence-corrected chi connectivity index (χ2v) is 9.36. The Morgan fingerprint density at radius 2 is 2.00 bits per heavy atom. The SMILES string of the molecule is COc1cccc(/C=C2\Sc3ccc(C(=O)N[C@@H]4CCCC[C@H]4C)cc3N(C)C2=O)c1. The van der Waals surface area contributed by atoms with Crippen LogP contribution < -0.4 is 15.0 Å². The van der Waals surface area contributed by atoms with Crippen molar-refractivity contribution in [1.82, 2.24) is 5.32 Å². The number of ether oxygens (including phenoxy) is 1. The molecule has 2 aromatic carbocycles. The minimum absolute atomic E-state index is 0.0647. The molecule has 0 aromatic heterocycles. The Balaban J connectivity index is 1.55. The van der Waals surface area contributed by atoms with Crippen molar-refractivity contribution >= 4 is 35.3 Å². The van der Waals surface area contributed by atoms with Crippen LogP contribution in [0.4, 0.5) is 5.69 Å². The highest BCUT2D eigenvalue weighted by Crippen LogP contribution is 2.42. The number of rotatable bonds is 4. The fraction of sp³-hybridized carbons (Fsp3) is 0.360. The lowest BCUT2D eigenvalue weighted by Crippen LogP contribution is -2.41. The molecule has 0 radical (unpaired) electrons. The van der Waals surface area contributed by atoms with Crippen molar-refractivity contribution in [2.45, 2.75) is 43.5 Å². The van der Waals surface area contributed by atoms with E-state index in [1.54, 1.807) is 19.1 Å². The molecule has 0 bridgehead atoms. The Labute approximate surface area is 187 Å². The van der Waals surface area contributed by atoms with E-state index in [9.17, 15) is 9.59 Å². The minimum Gasteiger partial charge on any atom is -0.497 e. The van der Waals surface area contributed by atoms with Crippen LogP contribution in [0.2, 0.25) is 0 Å². The van der Waals surface area contributed by atoms with Crippen molar-refractivity contribution in [3.63, 3.8) is 0 Å². The monoisotopic (exact) mass is 436 g/mol. The zero-order chi connectivity index (χ0) is 22.0. The number of nitrogens with zero attached hydrogens (tertiary/aromatic N) is 1. The highest BCUT2D eigenvalue weighted by molar-refractivity contribution is 8.04. The number of hydrogen-bond acceptors (Lipinski definition) is 4. The Kier molecular flexibility index (Phi) is 6.37. The zero-order valence-corrected chi connectivity index (χ0v) is 19.0. The number of likely N-dealkylation sites (N-methyl/N-ethyl adjacent to an activating group) is 1. The number of nitrogens with one attached hydrogen (secondary N) is 1. The number of carbonyl (C=O) groups is 2. The van der Waals surface area contributed by atoms with Gasteiger partial charge in [-0.15, -0.1) is 0 Å². The summed E-state index contributed by atoms with van der Waals surface area (Å²) in [5.74, 6) is 1.10. The summed E-state index contributed by atoms with van der Waals surface area (Å²) in [6, 6.07) is 13.4. The van der Waals surface area contributed by atoms with Gasteiger partial charge in [0.25, 0.3) is 11.8 Å². The molecule has 2 amide bonds. The predicted octanol–water partition coefficient (Wildman–Crippen LogP) is 5.11. The molecule has 1 N–H and O–H groups in total. The van der Waals surface area contributed by atoms with Crippen LogP contribution in [0.1, 0.15) is 48.5 Å². The predicted molar refractivity (Wildman–Crippen MR) is 126 cm³/mol. The molecule has 0 saturated heterocycles. The lowest BCUT2D eigenvalue weighted by molar-refractivity contribution is -0.114. The van der Waals surface area contributed by atoms with E-state index in [2.05, 4.69) is 12.2 Å². The number of hydrogen-bond donors (Lipinski definition) is 1. The molecule has 1 aliphatic heterocycles. The van der Waals surface area contributed by atoms with Gasteiger partial charge in [0.05, 0.1) is 17.7 Å². The number of thioether (sulfide) groups is 1. The van der Waals surface area contributed by atoms with Gasteiger partial charge in [0, 0.05) is 23.5 Å². The Hall–Kier alpha value is -2.73. The van der Waals surface area contributed by atoms with Crippen LogP contribution >= 0.6 is 11.8 Å². The topological polar surface area (TPSA) is 58.6 Å². The van der Waals surface area contributed by atoms with Crippen LogP contribution in [-0.4, -0.2) is 32.0 Å². The van der Waals surface area contributed by atoms with Crippen LogP contribution in [0, 0.1) is 5.92 Å². The van der Waals surface area contributed by atoms with Crippen LogP contribution in [0.5, 0.6) is 5.75 Å². The summed E-state index contributed by atoms with van der Waals surface area (Å²) in [4.78, 5) is 29.1. The van der Waals surface area contributed by atoms with Gasteiger partial charge in [-0.2, -0.15) is 0 Å². The first kappa shape index (κ1) is 21.5. The van der Waals surface area contributed by atoms with E-state index in [0.717, 1.165) is 41.2 Å². The molecule has 162 valence electrons. The third-order valence-electron chi connectivity index (χ3n) is 6.14. The van der Waals surface area contributed by atoms with E-state index in [1.807, 2.05) is 48.5 Å². The summed E-state index contributed by atoms with van der Waals surface area (Å²) in [6.07, 6.45) is 6.47. The van der Waals surface area contributed by atoms with E-state index in [0.29, 0.717) is 16.4 Å². The lowest BCUT2D eigenvalue weighted by atomic mass is 9.86. The van der Waals surface area contributed by atoms with E-state index in [4.69, 9.17) is 4.74 Å². The molecular formula is C25H28N2O3S. The quantitative estimate of drug-likeness (QED) is 0.677. The smallest absolute Gasteiger partial charge is 0.264 e. The average Bonchev–Trinajstić information content (AvgIpc) is 2.78. The number of anilines is 1. The van der Waals surface area contributed by atoms with Crippen LogP contribution in [0.25, 0.3) is 6.08 Å². The normalized spacial score (nSPS) is 22.2. The number of amides is 2. The van der Waals surface area contributed by atoms with Crippen molar-refractivity contribution in [2.24, 2.45) is 5.92 Å². The molecule has 2 aromatic rings. The minimum atomic E-state index is -0.0845. The van der Waals surface area contributed by atoms with Gasteiger partial charge in [-0.1, -0.05) is 43.7 Å². The standard InChI is InChI=1S/C25H28N2O3S/c1-16-7-4-5-10-20(16)26-24(28)18-11-12-22-21(15-18)27(2)25(29)23(31-22)14-17-8-6-9-19(13-17)30-3/h6,8-9,11-16,20H,4-5,7,10H2,1-3H3,(H,26,28)/b23-14-/t16-,20-/m1/s1. The zero-order valence-electron chi connectivity index (χ0n) is 18.2. The van der Waals surface area contributed by atoms with Crippen molar-refractivity contribution in [3.8, 4) is 5.75 Å². The molecule has 1 heterocycles. The van der Waals surface area contributed by atoms with Crippen molar-refractivity contribution in [3.05, 3.63) is 58.5 Å². The third kappa shape index (κ3) is 4.64.